The Bertz CT molecular complexity index is 848. The van der Waals surface area contributed by atoms with E-state index in [1.807, 2.05) is 0 Å². The fraction of sp³-hybridized carbons (Fsp3) is 0.263. The maximum atomic E-state index is 12.8. The number of nitrogens with one attached hydrogen (secondary N) is 1. The van der Waals surface area contributed by atoms with Crippen LogP contribution >= 0.6 is 0 Å². The quantitative estimate of drug-likeness (QED) is 0.843. The SMILES string of the molecule is COC(=O)C1CC(NC(=O)c2cccc(C(F)(F)F)c2)c2ccccc21. The van der Waals surface area contributed by atoms with E-state index >= 15 is 0 Å². The molecule has 0 aromatic heterocycles. The molecule has 1 aliphatic carbocycles. The zero-order valence-corrected chi connectivity index (χ0v) is 13.8. The molecule has 1 N–H and O–H groups in total. The van der Waals surface area contributed by atoms with Crippen molar-refractivity contribution in [1.82, 2.24) is 5.32 Å². The Morgan fingerprint density at radius 2 is 1.77 bits per heavy atom. The summed E-state index contributed by atoms with van der Waals surface area (Å²) in [5.74, 6) is -1.54. The molecule has 0 aliphatic heterocycles. The van der Waals surface area contributed by atoms with E-state index < -0.39 is 35.6 Å². The molecular formula is C19H16F3NO3. The number of hydrogen-bond donors (Lipinski definition) is 1. The summed E-state index contributed by atoms with van der Waals surface area (Å²) in [5, 5.41) is 2.72. The van der Waals surface area contributed by atoms with Gasteiger partial charge >= 0.3 is 12.1 Å². The largest absolute Gasteiger partial charge is 0.469 e. The van der Waals surface area contributed by atoms with Crippen molar-refractivity contribution in [2.45, 2.75) is 24.6 Å². The first-order chi connectivity index (χ1) is 12.3. The molecule has 2 aromatic carbocycles. The molecule has 0 saturated carbocycles. The fourth-order valence-corrected chi connectivity index (χ4v) is 3.22. The summed E-state index contributed by atoms with van der Waals surface area (Å²) < 4.78 is 43.3. The first-order valence-electron chi connectivity index (χ1n) is 7.96. The number of amides is 1. The van der Waals surface area contributed by atoms with Gasteiger partial charge in [-0.1, -0.05) is 30.3 Å². The van der Waals surface area contributed by atoms with Gasteiger partial charge in [-0.25, -0.2) is 0 Å². The molecule has 0 spiro atoms. The van der Waals surface area contributed by atoms with Crippen molar-refractivity contribution in [2.75, 3.05) is 7.11 Å². The van der Waals surface area contributed by atoms with Gasteiger partial charge in [0.1, 0.15) is 0 Å². The Labute approximate surface area is 148 Å². The molecule has 4 nitrogen and oxygen atoms in total. The van der Waals surface area contributed by atoms with Gasteiger partial charge in [0.2, 0.25) is 0 Å². The summed E-state index contributed by atoms with van der Waals surface area (Å²) in [6.07, 6.45) is -4.22. The second-order valence-corrected chi connectivity index (χ2v) is 6.04. The number of rotatable bonds is 3. The van der Waals surface area contributed by atoms with Crippen molar-refractivity contribution in [1.29, 1.82) is 0 Å². The van der Waals surface area contributed by atoms with Crippen LogP contribution in [0.3, 0.4) is 0 Å². The molecule has 26 heavy (non-hydrogen) atoms. The molecule has 0 radical (unpaired) electrons. The molecule has 1 amide bonds. The van der Waals surface area contributed by atoms with Gasteiger partial charge in [0, 0.05) is 5.56 Å². The topological polar surface area (TPSA) is 55.4 Å². The molecule has 0 bridgehead atoms. The number of alkyl halides is 3. The Kier molecular flexibility index (Phi) is 4.71. The molecule has 2 aromatic rings. The summed E-state index contributed by atoms with van der Waals surface area (Å²) in [6, 6.07) is 10.9. The van der Waals surface area contributed by atoms with Gasteiger partial charge in [-0.15, -0.1) is 0 Å². The molecule has 3 rings (SSSR count). The smallest absolute Gasteiger partial charge is 0.416 e. The number of esters is 1. The summed E-state index contributed by atoms with van der Waals surface area (Å²) in [6.45, 7) is 0. The van der Waals surface area contributed by atoms with Crippen molar-refractivity contribution in [3.63, 3.8) is 0 Å². The lowest BCUT2D eigenvalue weighted by atomic mass is 10.0. The van der Waals surface area contributed by atoms with E-state index in [9.17, 15) is 22.8 Å². The van der Waals surface area contributed by atoms with Gasteiger partial charge in [-0.2, -0.15) is 13.2 Å². The van der Waals surface area contributed by atoms with Crippen LogP contribution in [0.1, 0.15) is 45.4 Å². The van der Waals surface area contributed by atoms with Crippen molar-refractivity contribution in [3.8, 4) is 0 Å². The maximum Gasteiger partial charge on any atom is 0.416 e. The average Bonchev–Trinajstić information content (AvgIpc) is 2.99. The Balaban J connectivity index is 1.83. The zero-order valence-electron chi connectivity index (χ0n) is 13.8. The lowest BCUT2D eigenvalue weighted by Crippen LogP contribution is -2.28. The van der Waals surface area contributed by atoms with Crippen LogP contribution in [0.5, 0.6) is 0 Å². The summed E-state index contributed by atoms with van der Waals surface area (Å²) >= 11 is 0. The van der Waals surface area contributed by atoms with Gasteiger partial charge in [-0.3, -0.25) is 9.59 Å². The normalized spacial score (nSPS) is 18.9. The van der Waals surface area contributed by atoms with Crippen molar-refractivity contribution < 1.29 is 27.5 Å². The highest BCUT2D eigenvalue weighted by atomic mass is 19.4. The lowest BCUT2D eigenvalue weighted by Gasteiger charge is -2.15. The van der Waals surface area contributed by atoms with Crippen molar-refractivity contribution >= 4 is 11.9 Å². The summed E-state index contributed by atoms with van der Waals surface area (Å²) in [7, 11) is 1.29. The lowest BCUT2D eigenvalue weighted by molar-refractivity contribution is -0.142. The molecular weight excluding hydrogens is 347 g/mol. The second kappa shape index (κ2) is 6.82. The molecule has 0 fully saturated rings. The highest BCUT2D eigenvalue weighted by Gasteiger charge is 2.37. The van der Waals surface area contributed by atoms with E-state index in [0.717, 1.165) is 23.3 Å². The number of hydrogen-bond acceptors (Lipinski definition) is 3. The minimum Gasteiger partial charge on any atom is -0.469 e. The first-order valence-corrected chi connectivity index (χ1v) is 7.96. The predicted octanol–water partition coefficient (Wildman–Crippen LogP) is 3.84. The average molecular weight is 363 g/mol. The van der Waals surface area contributed by atoms with Crippen LogP contribution in [0.15, 0.2) is 48.5 Å². The summed E-state index contributed by atoms with van der Waals surface area (Å²) in [5.41, 5.74) is 0.556. The van der Waals surface area contributed by atoms with E-state index in [-0.39, 0.29) is 5.56 Å². The van der Waals surface area contributed by atoms with E-state index in [0.29, 0.717) is 6.42 Å². The molecule has 7 heteroatoms. The number of methoxy groups -OCH3 is 1. The van der Waals surface area contributed by atoms with Crippen LogP contribution in [-0.2, 0) is 15.7 Å². The van der Waals surface area contributed by atoms with Crippen LogP contribution in [0.4, 0.5) is 13.2 Å². The fourth-order valence-electron chi connectivity index (χ4n) is 3.22. The van der Waals surface area contributed by atoms with Gasteiger partial charge < -0.3 is 10.1 Å². The Hall–Kier alpha value is -2.83. The molecule has 136 valence electrons. The van der Waals surface area contributed by atoms with Crippen molar-refractivity contribution in [3.05, 3.63) is 70.8 Å². The zero-order chi connectivity index (χ0) is 18.9. The second-order valence-electron chi connectivity index (χ2n) is 6.04. The van der Waals surface area contributed by atoms with Gasteiger partial charge in [0.15, 0.2) is 0 Å². The van der Waals surface area contributed by atoms with E-state index in [2.05, 4.69) is 5.32 Å². The van der Waals surface area contributed by atoms with E-state index in [1.165, 1.54) is 19.2 Å². The summed E-state index contributed by atoms with van der Waals surface area (Å²) in [4.78, 5) is 24.4. The third-order valence-corrected chi connectivity index (χ3v) is 4.46. The number of benzene rings is 2. The standard InChI is InChI=1S/C19H16F3NO3/c1-26-18(25)15-10-16(14-8-3-2-7-13(14)15)23-17(24)11-5-4-6-12(9-11)19(20,21)22/h2-9,15-16H,10H2,1H3,(H,23,24). The third kappa shape index (κ3) is 3.42. The highest BCUT2D eigenvalue weighted by molar-refractivity contribution is 5.95. The van der Waals surface area contributed by atoms with E-state index in [4.69, 9.17) is 4.74 Å². The number of fused-ring (bicyclic) bond motifs is 1. The molecule has 2 unspecified atom stereocenters. The minimum atomic E-state index is -4.52. The number of carbonyl (C=O) groups excluding carboxylic acids is 2. The number of halogens is 3. The van der Waals surface area contributed by atoms with Crippen LogP contribution in [0.25, 0.3) is 0 Å². The molecule has 0 saturated heterocycles. The monoisotopic (exact) mass is 363 g/mol. The molecule has 2 atom stereocenters. The number of ether oxygens (including phenoxy) is 1. The van der Waals surface area contributed by atoms with E-state index in [1.54, 1.807) is 24.3 Å². The van der Waals surface area contributed by atoms with Gasteiger partial charge in [0.25, 0.3) is 5.91 Å². The van der Waals surface area contributed by atoms with Crippen LogP contribution in [0.2, 0.25) is 0 Å². The van der Waals surface area contributed by atoms with Crippen molar-refractivity contribution in [2.24, 2.45) is 0 Å². The minimum absolute atomic E-state index is 0.0844. The van der Waals surface area contributed by atoms with Gasteiger partial charge in [0.05, 0.1) is 24.6 Å². The van der Waals surface area contributed by atoms with Gasteiger partial charge in [-0.05, 0) is 35.7 Å². The Morgan fingerprint density at radius 3 is 2.42 bits per heavy atom. The highest BCUT2D eigenvalue weighted by Crippen LogP contribution is 2.41. The predicted molar refractivity (Wildman–Crippen MR) is 87.5 cm³/mol. The maximum absolute atomic E-state index is 12.8. The Morgan fingerprint density at radius 1 is 1.08 bits per heavy atom. The first kappa shape index (κ1) is 18.0. The van der Waals surface area contributed by atoms with Crippen LogP contribution in [0, 0.1) is 0 Å². The third-order valence-electron chi connectivity index (χ3n) is 4.46. The van der Waals surface area contributed by atoms with Crippen LogP contribution < -0.4 is 5.32 Å². The van der Waals surface area contributed by atoms with Crippen LogP contribution in [-0.4, -0.2) is 19.0 Å². The molecule has 1 aliphatic rings. The number of carbonyl (C=O) groups is 2. The molecule has 0 heterocycles.